The number of hydrogen-bond donors (Lipinski definition) is 0. The number of carbonyl (C=O) groups is 5. The molecule has 0 N–H and O–H groups in total. The van der Waals surface area contributed by atoms with Crippen LogP contribution in [0.15, 0.2) is 11.6 Å². The monoisotopic (exact) mass is 1110 g/mol. The third kappa shape index (κ3) is 24.5. The topological polar surface area (TPSA) is 120 Å². The Morgan fingerprint density at radius 2 is 0.987 bits per heavy atom. The lowest BCUT2D eigenvalue weighted by Gasteiger charge is -2.59. The standard InChI is InChI=1S/C69H122N2O8/c1-8-10-12-14-16-18-20-22-24-26-28-33-54-77-64(74)42-35-38-58(39-36-43-65(75)78-55-34-29-27-25-23-21-19-17-15-13-11-9-2)71(53-37-52-70(6)7)63(73)40-31-30-32-41-66(76)79-69(5)51-48-62-60-45-44-57-56-59(72)46-49-67(57,3)61(60)47-50-68(62,69)4/h56,58,60-62H,8-55H2,1-7H3. The predicted molar refractivity (Wildman–Crippen MR) is 325 cm³/mol. The molecular weight excluding hydrogens is 985 g/mol. The maximum atomic E-state index is 14.3. The fourth-order valence-corrected chi connectivity index (χ4v) is 15.0. The Hall–Kier alpha value is -2.75. The Balaban J connectivity index is 1.23. The molecule has 10 heteroatoms. The summed E-state index contributed by atoms with van der Waals surface area (Å²) in [6, 6.07) is -0.0906. The molecule has 4 aliphatic rings. The van der Waals surface area contributed by atoms with Crippen LogP contribution in [0.2, 0.25) is 0 Å². The summed E-state index contributed by atoms with van der Waals surface area (Å²) in [6.45, 7) is 14.0. The van der Waals surface area contributed by atoms with Gasteiger partial charge in [-0.3, -0.25) is 24.0 Å². The predicted octanol–water partition coefficient (Wildman–Crippen LogP) is 17.7. The van der Waals surface area contributed by atoms with Crippen LogP contribution in [0.4, 0.5) is 0 Å². The minimum atomic E-state index is -0.483. The quantitative estimate of drug-likeness (QED) is 0.0333. The Morgan fingerprint density at radius 1 is 0.519 bits per heavy atom. The molecule has 10 nitrogen and oxygen atoms in total. The van der Waals surface area contributed by atoms with Crippen LogP contribution in [0.3, 0.4) is 0 Å². The SMILES string of the molecule is CCCCCCCCCCCCCCOC(=O)CCCC(CCCC(=O)OCCCCCCCCCCCCCC)N(CCCN(C)C)C(=O)CCCCCC(=O)OC1(C)CCC2C3CCC4=CC(=O)CCC4(C)C3CCC21C. The van der Waals surface area contributed by atoms with Gasteiger partial charge in [0.25, 0.3) is 0 Å². The van der Waals surface area contributed by atoms with Gasteiger partial charge in [-0.15, -0.1) is 0 Å². The first kappa shape index (κ1) is 68.7. The van der Waals surface area contributed by atoms with Crippen LogP contribution in [0, 0.1) is 28.6 Å². The molecule has 79 heavy (non-hydrogen) atoms. The van der Waals surface area contributed by atoms with Gasteiger partial charge in [-0.1, -0.05) is 181 Å². The van der Waals surface area contributed by atoms with E-state index in [1.54, 1.807) is 0 Å². The van der Waals surface area contributed by atoms with Gasteiger partial charge < -0.3 is 24.0 Å². The Kier molecular flexibility index (Phi) is 33.9. The Bertz CT molecular complexity index is 1720. The molecule has 6 atom stereocenters. The summed E-state index contributed by atoms with van der Waals surface area (Å²) in [7, 11) is 4.11. The lowest BCUT2D eigenvalue weighted by molar-refractivity contribution is -0.180. The van der Waals surface area contributed by atoms with Gasteiger partial charge in [-0.05, 0) is 160 Å². The molecule has 0 aromatic rings. The van der Waals surface area contributed by atoms with Gasteiger partial charge in [0.05, 0.1) is 13.2 Å². The molecule has 3 saturated carbocycles. The highest BCUT2D eigenvalue weighted by molar-refractivity contribution is 5.91. The number of allylic oxidation sites excluding steroid dienone is 1. The summed E-state index contributed by atoms with van der Waals surface area (Å²) in [5, 5.41) is 0. The summed E-state index contributed by atoms with van der Waals surface area (Å²) < 4.78 is 18.0. The number of hydrogen-bond acceptors (Lipinski definition) is 9. The number of fused-ring (bicyclic) bond motifs is 5. The highest BCUT2D eigenvalue weighted by Gasteiger charge is 2.64. The number of esters is 3. The molecule has 0 aromatic carbocycles. The fourth-order valence-electron chi connectivity index (χ4n) is 15.0. The summed E-state index contributed by atoms with van der Waals surface area (Å²) in [4.78, 5) is 70.5. The van der Waals surface area contributed by atoms with Crippen molar-refractivity contribution in [3.8, 4) is 0 Å². The van der Waals surface area contributed by atoms with Gasteiger partial charge in [-0.2, -0.15) is 0 Å². The lowest BCUT2D eigenvalue weighted by Crippen LogP contribution is -2.55. The average molecular weight is 1110 g/mol. The van der Waals surface area contributed by atoms with Gasteiger partial charge in [0.1, 0.15) is 5.60 Å². The van der Waals surface area contributed by atoms with Crippen LogP contribution in [0.25, 0.3) is 0 Å². The molecule has 456 valence electrons. The van der Waals surface area contributed by atoms with Crippen molar-refractivity contribution >= 4 is 29.6 Å². The zero-order chi connectivity index (χ0) is 57.2. The molecular formula is C69H122N2O8. The summed E-state index contributed by atoms with van der Waals surface area (Å²) in [5.74, 6) is 1.71. The second-order valence-electron chi connectivity index (χ2n) is 26.6. The molecule has 0 radical (unpaired) electrons. The van der Waals surface area contributed by atoms with Crippen molar-refractivity contribution in [2.24, 2.45) is 28.6 Å². The molecule has 4 rings (SSSR count). The normalized spacial score (nSPS) is 23.5. The largest absolute Gasteiger partial charge is 0.466 e. The van der Waals surface area contributed by atoms with Crippen LogP contribution < -0.4 is 0 Å². The van der Waals surface area contributed by atoms with Crippen molar-refractivity contribution in [2.45, 2.75) is 329 Å². The number of ketones is 1. The molecule has 0 aliphatic heterocycles. The van der Waals surface area contributed by atoms with Gasteiger partial charge in [-0.25, -0.2) is 0 Å². The maximum Gasteiger partial charge on any atom is 0.306 e. The number of unbranched alkanes of at least 4 members (excludes halogenated alkanes) is 24. The third-order valence-electron chi connectivity index (χ3n) is 20.2. The minimum absolute atomic E-state index is 0.0522. The van der Waals surface area contributed by atoms with Crippen molar-refractivity contribution in [1.29, 1.82) is 0 Å². The van der Waals surface area contributed by atoms with Crippen molar-refractivity contribution in [3.05, 3.63) is 11.6 Å². The smallest absolute Gasteiger partial charge is 0.306 e. The molecule has 4 aliphatic carbocycles. The molecule has 0 aromatic heterocycles. The molecule has 6 unspecified atom stereocenters. The van der Waals surface area contributed by atoms with Crippen molar-refractivity contribution < 1.29 is 38.2 Å². The number of nitrogens with zero attached hydrogens (tertiary/aromatic N) is 2. The summed E-state index contributed by atoms with van der Waals surface area (Å²) >= 11 is 0. The average Bonchev–Trinajstić information content (AvgIpc) is 3.93. The highest BCUT2D eigenvalue weighted by atomic mass is 16.6. The van der Waals surface area contributed by atoms with E-state index in [1.165, 1.54) is 134 Å². The molecule has 0 bridgehead atoms. The highest BCUT2D eigenvalue weighted by Crippen LogP contribution is 2.68. The lowest BCUT2D eigenvalue weighted by atomic mass is 9.46. The van der Waals surface area contributed by atoms with Crippen LogP contribution in [-0.2, 0) is 38.2 Å². The van der Waals surface area contributed by atoms with Crippen molar-refractivity contribution in [3.63, 3.8) is 0 Å². The first-order valence-electron chi connectivity index (χ1n) is 33.9. The van der Waals surface area contributed by atoms with E-state index in [9.17, 15) is 24.0 Å². The van der Waals surface area contributed by atoms with E-state index in [4.69, 9.17) is 14.2 Å². The fraction of sp³-hybridized carbons (Fsp3) is 0.899. The van der Waals surface area contributed by atoms with Crippen LogP contribution >= 0.6 is 0 Å². The van der Waals surface area contributed by atoms with E-state index in [-0.39, 0.29) is 40.7 Å². The van der Waals surface area contributed by atoms with Gasteiger partial charge in [0, 0.05) is 50.1 Å². The third-order valence-corrected chi connectivity index (χ3v) is 20.2. The Labute approximate surface area is 485 Å². The maximum absolute atomic E-state index is 14.3. The van der Waals surface area contributed by atoms with E-state index in [0.29, 0.717) is 114 Å². The van der Waals surface area contributed by atoms with Crippen molar-refractivity contribution in [1.82, 2.24) is 9.80 Å². The minimum Gasteiger partial charge on any atom is -0.466 e. The molecule has 1 amide bonds. The van der Waals surface area contributed by atoms with Gasteiger partial charge >= 0.3 is 17.9 Å². The summed E-state index contributed by atoms with van der Waals surface area (Å²) in [6.07, 6.45) is 47.4. The van der Waals surface area contributed by atoms with Gasteiger partial charge in [0.15, 0.2) is 5.78 Å². The van der Waals surface area contributed by atoms with E-state index in [0.717, 1.165) is 90.0 Å². The number of amides is 1. The number of ether oxygens (including phenoxy) is 3. The van der Waals surface area contributed by atoms with Crippen LogP contribution in [0.5, 0.6) is 0 Å². The second-order valence-corrected chi connectivity index (χ2v) is 26.6. The number of carbonyl (C=O) groups excluding carboxylic acids is 5. The zero-order valence-electron chi connectivity index (χ0n) is 52.5. The number of rotatable bonds is 46. The molecule has 0 spiro atoms. The van der Waals surface area contributed by atoms with E-state index in [1.807, 2.05) is 6.08 Å². The van der Waals surface area contributed by atoms with Crippen molar-refractivity contribution in [2.75, 3.05) is 40.4 Å². The summed E-state index contributed by atoms with van der Waals surface area (Å²) in [5.41, 5.74) is 0.982. The second kappa shape index (κ2) is 38.9. The van der Waals surface area contributed by atoms with E-state index < -0.39 is 5.60 Å². The van der Waals surface area contributed by atoms with Crippen LogP contribution in [0.1, 0.15) is 317 Å². The van der Waals surface area contributed by atoms with Crippen LogP contribution in [-0.4, -0.2) is 91.4 Å². The molecule has 0 saturated heterocycles. The first-order valence-corrected chi connectivity index (χ1v) is 33.9. The molecule has 0 heterocycles. The molecule has 3 fully saturated rings. The Morgan fingerprint density at radius 3 is 1.51 bits per heavy atom. The van der Waals surface area contributed by atoms with E-state index in [2.05, 4.69) is 58.5 Å². The van der Waals surface area contributed by atoms with Gasteiger partial charge in [0.2, 0.25) is 5.91 Å². The first-order chi connectivity index (χ1) is 38.2. The van der Waals surface area contributed by atoms with E-state index >= 15 is 0 Å². The zero-order valence-corrected chi connectivity index (χ0v) is 52.5.